The lowest BCUT2D eigenvalue weighted by Gasteiger charge is -2.62. The standard InChI is InChI=1S/C30H38N2O/c33-28(32-14-8-7-13-31(15-16-32)22-24-9-3-1-4-10-24)30-20-25-17-26(21-30)19-29(18-25,23-30)27-11-5-2-6-12-27/h1-6,9-12,25-26H,7-8,13-23H2. The van der Waals surface area contributed by atoms with Crippen LogP contribution >= 0.6 is 0 Å². The number of rotatable bonds is 4. The molecule has 7 rings (SSSR count). The van der Waals surface area contributed by atoms with E-state index in [-0.39, 0.29) is 10.8 Å². The summed E-state index contributed by atoms with van der Waals surface area (Å²) in [6, 6.07) is 22.0. The molecular formula is C30H38N2O. The summed E-state index contributed by atoms with van der Waals surface area (Å²) in [5.74, 6) is 1.97. The maximum Gasteiger partial charge on any atom is 0.228 e. The van der Waals surface area contributed by atoms with Crippen molar-refractivity contribution >= 4 is 5.91 Å². The molecular weight excluding hydrogens is 404 g/mol. The molecule has 0 radical (unpaired) electrons. The Balaban J connectivity index is 1.20. The van der Waals surface area contributed by atoms with E-state index < -0.39 is 0 Å². The van der Waals surface area contributed by atoms with Gasteiger partial charge in [-0.05, 0) is 86.3 Å². The van der Waals surface area contributed by atoms with E-state index in [0.29, 0.717) is 5.91 Å². The van der Waals surface area contributed by atoms with E-state index in [9.17, 15) is 4.79 Å². The van der Waals surface area contributed by atoms with Gasteiger partial charge in [0, 0.05) is 26.2 Å². The molecule has 2 unspecified atom stereocenters. The first kappa shape index (κ1) is 21.4. The molecule has 2 aromatic carbocycles. The van der Waals surface area contributed by atoms with Crippen molar-refractivity contribution in [1.29, 1.82) is 0 Å². The number of nitrogens with zero attached hydrogens (tertiary/aromatic N) is 2. The minimum atomic E-state index is -0.108. The Morgan fingerprint density at radius 2 is 1.45 bits per heavy atom. The predicted octanol–water partition coefficient (Wildman–Crippen LogP) is 5.65. The Kier molecular flexibility index (Phi) is 5.57. The zero-order valence-electron chi connectivity index (χ0n) is 19.9. The summed E-state index contributed by atoms with van der Waals surface area (Å²) in [4.78, 5) is 19.1. The highest BCUT2D eigenvalue weighted by atomic mass is 16.2. The van der Waals surface area contributed by atoms with Gasteiger partial charge in [-0.25, -0.2) is 0 Å². The summed E-state index contributed by atoms with van der Waals surface area (Å²) in [6.45, 7) is 4.97. The quantitative estimate of drug-likeness (QED) is 0.611. The van der Waals surface area contributed by atoms with Crippen LogP contribution < -0.4 is 0 Å². The molecule has 3 nitrogen and oxygen atoms in total. The summed E-state index contributed by atoms with van der Waals surface area (Å²) < 4.78 is 0. The summed E-state index contributed by atoms with van der Waals surface area (Å²) >= 11 is 0. The minimum Gasteiger partial charge on any atom is -0.341 e. The second kappa shape index (κ2) is 8.58. The highest BCUT2D eigenvalue weighted by molar-refractivity contribution is 5.83. The normalized spacial score (nSPS) is 34.1. The maximum absolute atomic E-state index is 14.3. The second-order valence-electron chi connectivity index (χ2n) is 11.6. The summed E-state index contributed by atoms with van der Waals surface area (Å²) in [5.41, 5.74) is 3.01. The van der Waals surface area contributed by atoms with Gasteiger partial charge in [-0.2, -0.15) is 0 Å². The molecule has 4 saturated carbocycles. The van der Waals surface area contributed by atoms with E-state index in [1.165, 1.54) is 36.8 Å². The van der Waals surface area contributed by atoms with Gasteiger partial charge in [-0.15, -0.1) is 0 Å². The van der Waals surface area contributed by atoms with Crippen LogP contribution in [0.5, 0.6) is 0 Å². The number of carbonyl (C=O) groups excluding carboxylic acids is 1. The summed E-state index contributed by atoms with van der Waals surface area (Å²) in [7, 11) is 0. The van der Waals surface area contributed by atoms with Crippen molar-refractivity contribution in [3.8, 4) is 0 Å². The lowest BCUT2D eigenvalue weighted by molar-refractivity contribution is -0.161. The smallest absolute Gasteiger partial charge is 0.228 e. The Hall–Kier alpha value is -2.13. The molecule has 2 aromatic rings. The van der Waals surface area contributed by atoms with Crippen molar-refractivity contribution in [2.45, 2.75) is 63.3 Å². The molecule has 174 valence electrons. The summed E-state index contributed by atoms with van der Waals surface area (Å²) in [5, 5.41) is 0. The third-order valence-corrected chi connectivity index (χ3v) is 9.28. The zero-order valence-corrected chi connectivity index (χ0v) is 19.9. The highest BCUT2D eigenvalue weighted by Crippen LogP contribution is 2.66. The number of carbonyl (C=O) groups is 1. The zero-order chi connectivity index (χ0) is 22.3. The van der Waals surface area contributed by atoms with Crippen LogP contribution in [-0.4, -0.2) is 41.9 Å². The van der Waals surface area contributed by atoms with Gasteiger partial charge in [0.15, 0.2) is 0 Å². The van der Waals surface area contributed by atoms with Gasteiger partial charge in [-0.3, -0.25) is 9.69 Å². The molecule has 1 amide bonds. The van der Waals surface area contributed by atoms with Gasteiger partial charge in [0.25, 0.3) is 0 Å². The van der Waals surface area contributed by atoms with Crippen molar-refractivity contribution < 1.29 is 4.79 Å². The molecule has 3 heteroatoms. The SMILES string of the molecule is O=C(N1CCCCN(Cc2ccccc2)CC1)C12CC3CC(C1)CC(c1ccccc1)(C3)C2. The van der Waals surface area contributed by atoms with Gasteiger partial charge in [-0.1, -0.05) is 60.7 Å². The van der Waals surface area contributed by atoms with Crippen molar-refractivity contribution in [3.63, 3.8) is 0 Å². The maximum atomic E-state index is 14.3. The first-order valence-electron chi connectivity index (χ1n) is 13.3. The largest absolute Gasteiger partial charge is 0.341 e. The van der Waals surface area contributed by atoms with Crippen LogP contribution in [0.2, 0.25) is 0 Å². The third kappa shape index (κ3) is 4.03. The topological polar surface area (TPSA) is 23.6 Å². The highest BCUT2D eigenvalue weighted by Gasteiger charge is 2.61. The van der Waals surface area contributed by atoms with Crippen molar-refractivity contribution in [2.75, 3.05) is 26.2 Å². The number of hydrogen-bond acceptors (Lipinski definition) is 2. The van der Waals surface area contributed by atoms with E-state index in [2.05, 4.69) is 70.5 Å². The van der Waals surface area contributed by atoms with Crippen molar-refractivity contribution in [1.82, 2.24) is 9.80 Å². The average molecular weight is 443 g/mol. The molecule has 0 N–H and O–H groups in total. The Morgan fingerprint density at radius 3 is 2.18 bits per heavy atom. The number of benzene rings is 2. The molecule has 33 heavy (non-hydrogen) atoms. The van der Waals surface area contributed by atoms with Crippen LogP contribution in [0.25, 0.3) is 0 Å². The molecule has 1 aliphatic heterocycles. The van der Waals surface area contributed by atoms with Gasteiger partial charge < -0.3 is 4.90 Å². The minimum absolute atomic E-state index is 0.108. The predicted molar refractivity (Wildman–Crippen MR) is 133 cm³/mol. The van der Waals surface area contributed by atoms with Crippen LogP contribution in [0.3, 0.4) is 0 Å². The Bertz CT molecular complexity index is 957. The molecule has 5 fully saturated rings. The van der Waals surface area contributed by atoms with E-state index >= 15 is 0 Å². The fourth-order valence-corrected chi connectivity index (χ4v) is 8.30. The molecule has 0 aromatic heterocycles. The molecule has 4 bridgehead atoms. The van der Waals surface area contributed by atoms with Gasteiger partial charge in [0.1, 0.15) is 0 Å². The van der Waals surface area contributed by atoms with Crippen LogP contribution in [0, 0.1) is 17.3 Å². The first-order chi connectivity index (χ1) is 16.1. The van der Waals surface area contributed by atoms with E-state index in [1.54, 1.807) is 0 Å². The molecule has 5 aliphatic rings. The molecule has 4 aliphatic carbocycles. The monoisotopic (exact) mass is 442 g/mol. The molecule has 0 spiro atoms. The van der Waals surface area contributed by atoms with E-state index in [1.807, 2.05) is 0 Å². The van der Waals surface area contributed by atoms with Crippen molar-refractivity contribution in [3.05, 3.63) is 71.8 Å². The van der Waals surface area contributed by atoms with E-state index in [0.717, 1.165) is 70.2 Å². The van der Waals surface area contributed by atoms with E-state index in [4.69, 9.17) is 0 Å². The van der Waals surface area contributed by atoms with Gasteiger partial charge in [0.2, 0.25) is 5.91 Å². The van der Waals surface area contributed by atoms with Crippen LogP contribution in [0.4, 0.5) is 0 Å². The lowest BCUT2D eigenvalue weighted by Crippen LogP contribution is -2.60. The second-order valence-corrected chi connectivity index (χ2v) is 11.6. The lowest BCUT2D eigenvalue weighted by atomic mass is 9.42. The first-order valence-corrected chi connectivity index (χ1v) is 13.3. The van der Waals surface area contributed by atoms with Gasteiger partial charge >= 0.3 is 0 Å². The number of hydrogen-bond donors (Lipinski definition) is 0. The fourth-order valence-electron chi connectivity index (χ4n) is 8.30. The Labute approximate surface area is 199 Å². The molecule has 1 saturated heterocycles. The Morgan fingerprint density at radius 1 is 0.788 bits per heavy atom. The van der Waals surface area contributed by atoms with Gasteiger partial charge in [0.05, 0.1) is 5.41 Å². The third-order valence-electron chi connectivity index (χ3n) is 9.28. The summed E-state index contributed by atoms with van der Waals surface area (Å²) in [6.07, 6.45) is 9.63. The number of amides is 1. The van der Waals surface area contributed by atoms with Crippen LogP contribution in [-0.2, 0) is 16.8 Å². The fraction of sp³-hybridized carbons (Fsp3) is 0.567. The van der Waals surface area contributed by atoms with Crippen molar-refractivity contribution in [2.24, 2.45) is 17.3 Å². The van der Waals surface area contributed by atoms with Crippen LogP contribution in [0.15, 0.2) is 60.7 Å². The molecule has 1 heterocycles. The van der Waals surface area contributed by atoms with Crippen LogP contribution in [0.1, 0.15) is 62.5 Å². The average Bonchev–Trinajstić information content (AvgIpc) is 2.81. The molecule has 2 atom stereocenters.